The largest absolute Gasteiger partial charge is 0.103 e. The van der Waals surface area contributed by atoms with E-state index in [1.165, 1.54) is 19.3 Å². The second kappa shape index (κ2) is 5.67. The van der Waals surface area contributed by atoms with Crippen LogP contribution in [0.3, 0.4) is 0 Å². The van der Waals surface area contributed by atoms with Gasteiger partial charge in [-0.15, -0.1) is 0 Å². The van der Waals surface area contributed by atoms with Gasteiger partial charge in [0.2, 0.25) is 0 Å². The normalized spacial score (nSPS) is 14.2. The molecule has 0 aromatic carbocycles. The van der Waals surface area contributed by atoms with E-state index in [0.29, 0.717) is 22.2 Å². The van der Waals surface area contributed by atoms with E-state index in [0.717, 1.165) is 0 Å². The van der Waals surface area contributed by atoms with Gasteiger partial charge in [0, 0.05) is 0 Å². The summed E-state index contributed by atoms with van der Waals surface area (Å²) in [5.74, 6) is 0.681. The van der Waals surface area contributed by atoms with E-state index in [4.69, 9.17) is 0 Å². The highest BCUT2D eigenvalue weighted by molar-refractivity contribution is 4.92. The Labute approximate surface area is 111 Å². The Morgan fingerprint density at radius 1 is 0.824 bits per heavy atom. The molecule has 0 unspecified atom stereocenters. The summed E-state index contributed by atoms with van der Waals surface area (Å²) in [7, 11) is 0. The summed E-state index contributed by atoms with van der Waals surface area (Å²) in [5, 5.41) is 0. The fraction of sp³-hybridized carbons (Fsp3) is 0.941. The molecule has 0 aromatic heterocycles. The van der Waals surface area contributed by atoms with Crippen LogP contribution in [0.25, 0.3) is 0 Å². The van der Waals surface area contributed by atoms with Crippen LogP contribution >= 0.6 is 0 Å². The van der Waals surface area contributed by atoms with Gasteiger partial charge in [-0.1, -0.05) is 41.0 Å². The molecule has 0 amide bonds. The summed E-state index contributed by atoms with van der Waals surface area (Å²) in [6, 6.07) is 0. The average Bonchev–Trinajstić information content (AvgIpc) is 1.96. The molecule has 17 heavy (non-hydrogen) atoms. The second-order valence-corrected chi connectivity index (χ2v) is 8.43. The van der Waals surface area contributed by atoms with Gasteiger partial charge >= 0.3 is 0 Å². The third kappa shape index (κ3) is 7.73. The van der Waals surface area contributed by atoms with Gasteiger partial charge in [0.15, 0.2) is 0 Å². The van der Waals surface area contributed by atoms with Crippen LogP contribution in [0.1, 0.15) is 81.6 Å². The van der Waals surface area contributed by atoms with Gasteiger partial charge in [-0.2, -0.15) is 0 Å². The van der Waals surface area contributed by atoms with Gasteiger partial charge in [-0.25, -0.2) is 0 Å². The van der Waals surface area contributed by atoms with Crippen molar-refractivity contribution in [2.75, 3.05) is 0 Å². The monoisotopic (exact) mass is 239 g/mol. The molecule has 0 heteroatoms. The Balaban J connectivity index is 4.53. The first kappa shape index (κ1) is 16.9. The minimum Gasteiger partial charge on any atom is -0.0649 e. The third-order valence-corrected chi connectivity index (χ3v) is 3.63. The first-order valence-electron chi connectivity index (χ1n) is 7.25. The van der Waals surface area contributed by atoms with E-state index in [9.17, 15) is 0 Å². The zero-order valence-electron chi connectivity index (χ0n) is 13.8. The van der Waals surface area contributed by atoms with Crippen molar-refractivity contribution >= 4 is 0 Å². The smallest absolute Gasteiger partial charge is 0.0649 e. The molecule has 0 aliphatic carbocycles. The summed E-state index contributed by atoms with van der Waals surface area (Å²) in [5.41, 5.74) is 1.24. The maximum atomic E-state index is 2.51. The molecular formula is C17H35+. The third-order valence-electron chi connectivity index (χ3n) is 3.63. The van der Waals surface area contributed by atoms with Gasteiger partial charge in [0.25, 0.3) is 0 Å². The van der Waals surface area contributed by atoms with Crippen molar-refractivity contribution in [1.82, 2.24) is 0 Å². The molecule has 0 aliphatic heterocycles. The fourth-order valence-corrected chi connectivity index (χ4v) is 3.68. The van der Waals surface area contributed by atoms with Crippen molar-refractivity contribution in [3.8, 4) is 0 Å². The number of hydrogen-bond acceptors (Lipinski definition) is 0. The summed E-state index contributed by atoms with van der Waals surface area (Å²) < 4.78 is 0. The van der Waals surface area contributed by atoms with E-state index in [1.807, 2.05) is 0 Å². The van der Waals surface area contributed by atoms with Crippen LogP contribution in [0.4, 0.5) is 0 Å². The van der Waals surface area contributed by atoms with Crippen LogP contribution in [-0.2, 0) is 0 Å². The minimum absolute atomic E-state index is 0.349. The highest BCUT2D eigenvalue weighted by Gasteiger charge is 2.38. The molecule has 0 atom stereocenters. The van der Waals surface area contributed by atoms with Crippen LogP contribution < -0.4 is 0 Å². The Hall–Kier alpha value is -0.130. The van der Waals surface area contributed by atoms with Crippen molar-refractivity contribution < 1.29 is 0 Å². The van der Waals surface area contributed by atoms with Crippen molar-refractivity contribution in [2.24, 2.45) is 22.2 Å². The van der Waals surface area contributed by atoms with Gasteiger partial charge in [-0.05, 0) is 51.4 Å². The lowest BCUT2D eigenvalue weighted by molar-refractivity contribution is 0.131. The zero-order valence-corrected chi connectivity index (χ0v) is 13.8. The number of hydrogen-bond donors (Lipinski definition) is 0. The molecule has 0 heterocycles. The molecule has 102 valence electrons. The van der Waals surface area contributed by atoms with Gasteiger partial charge in [-0.3, -0.25) is 0 Å². The Morgan fingerprint density at radius 2 is 1.29 bits per heavy atom. The molecule has 0 N–H and O–H groups in total. The zero-order chi connectivity index (χ0) is 13.9. The molecule has 0 fully saturated rings. The Kier molecular flexibility index (Phi) is 5.63. The number of rotatable bonds is 7. The first-order valence-corrected chi connectivity index (χ1v) is 7.25. The standard InChI is InChI=1S/C17H35/c1-10-15(4,5)12-17(8,9)13-16(6,7)11-14(2)3/h11,14H,10,12-13H2,1-9H3/q+1. The summed E-state index contributed by atoms with van der Waals surface area (Å²) in [6.07, 6.45) is 6.37. The van der Waals surface area contributed by atoms with Crippen LogP contribution in [0.2, 0.25) is 0 Å². The van der Waals surface area contributed by atoms with Crippen molar-refractivity contribution in [3.63, 3.8) is 0 Å². The van der Waals surface area contributed by atoms with Crippen LogP contribution in [-0.4, -0.2) is 0 Å². The van der Waals surface area contributed by atoms with Crippen molar-refractivity contribution in [2.45, 2.75) is 81.6 Å². The van der Waals surface area contributed by atoms with Crippen molar-refractivity contribution in [1.29, 1.82) is 0 Å². The molecule has 0 saturated heterocycles. The molecule has 0 radical (unpaired) electrons. The lowest BCUT2D eigenvalue weighted by Gasteiger charge is -2.37. The molecule has 0 saturated carbocycles. The van der Waals surface area contributed by atoms with Crippen LogP contribution in [0.5, 0.6) is 0 Å². The van der Waals surface area contributed by atoms with E-state index < -0.39 is 0 Å². The summed E-state index contributed by atoms with van der Waals surface area (Å²) in [6.45, 7) is 21.3. The topological polar surface area (TPSA) is 0 Å². The predicted molar refractivity (Wildman–Crippen MR) is 80.0 cm³/mol. The van der Waals surface area contributed by atoms with E-state index >= 15 is 0 Å². The highest BCUT2D eigenvalue weighted by Crippen LogP contribution is 2.44. The molecule has 0 rings (SSSR count). The van der Waals surface area contributed by atoms with E-state index in [1.54, 1.807) is 0 Å². The predicted octanol–water partition coefficient (Wildman–Crippen LogP) is 6.12. The Bertz CT molecular complexity index is 218. The van der Waals surface area contributed by atoms with Crippen LogP contribution in [0.15, 0.2) is 0 Å². The lowest BCUT2D eigenvalue weighted by Crippen LogP contribution is -2.29. The lowest BCUT2D eigenvalue weighted by atomic mass is 9.65. The second-order valence-electron chi connectivity index (χ2n) is 8.43. The van der Waals surface area contributed by atoms with Crippen LogP contribution in [0, 0.1) is 28.6 Å². The Morgan fingerprint density at radius 3 is 1.65 bits per heavy atom. The van der Waals surface area contributed by atoms with Gasteiger partial charge in [0.05, 0.1) is 12.3 Å². The highest BCUT2D eigenvalue weighted by atomic mass is 14.4. The summed E-state index contributed by atoms with van der Waals surface area (Å²) >= 11 is 0. The molecule has 0 bridgehead atoms. The van der Waals surface area contributed by atoms with E-state index in [2.05, 4.69) is 68.7 Å². The van der Waals surface area contributed by atoms with Crippen molar-refractivity contribution in [3.05, 3.63) is 6.42 Å². The molecule has 0 aliphatic rings. The SMILES string of the molecule is CCC(C)(C)CC(C)(C)CC(C)(C)[CH+]C(C)C. The van der Waals surface area contributed by atoms with E-state index in [-0.39, 0.29) is 0 Å². The summed E-state index contributed by atoms with van der Waals surface area (Å²) in [4.78, 5) is 0. The average molecular weight is 239 g/mol. The molecular weight excluding hydrogens is 204 g/mol. The van der Waals surface area contributed by atoms with Gasteiger partial charge < -0.3 is 0 Å². The van der Waals surface area contributed by atoms with Gasteiger partial charge in [0.1, 0.15) is 5.41 Å². The maximum Gasteiger partial charge on any atom is 0.103 e. The first-order chi connectivity index (χ1) is 7.39. The maximum absolute atomic E-state index is 2.51. The fourth-order valence-electron chi connectivity index (χ4n) is 3.68. The molecule has 0 aromatic rings. The quantitative estimate of drug-likeness (QED) is 0.470. The minimum atomic E-state index is 0.349. The molecule has 0 nitrogen and oxygen atoms in total. The molecule has 0 spiro atoms.